The molecule has 2 heteroatoms. The Morgan fingerprint density at radius 1 is 0.880 bits per heavy atom. The van der Waals surface area contributed by atoms with Gasteiger partial charge in [-0.05, 0) is 45.9 Å². The van der Waals surface area contributed by atoms with E-state index >= 15 is 0 Å². The number of hydrogen-bond donors (Lipinski definition) is 0. The second-order valence-corrected chi connectivity index (χ2v) is 7.14. The Labute approximate surface area is 149 Å². The Bertz CT molecular complexity index is 906. The van der Waals surface area contributed by atoms with E-state index in [2.05, 4.69) is 65.6 Å². The van der Waals surface area contributed by atoms with Crippen molar-refractivity contribution in [2.24, 2.45) is 0 Å². The lowest BCUT2D eigenvalue weighted by Crippen LogP contribution is -2.38. The SMILES string of the molecule is c1ccc2c(-c3ccc4c(c3)CCC4N3CCOCC3)cccc2c1. The van der Waals surface area contributed by atoms with E-state index in [1.54, 1.807) is 0 Å². The number of fused-ring (bicyclic) bond motifs is 2. The lowest BCUT2D eigenvalue weighted by atomic mass is 9.95. The Kier molecular flexibility index (Phi) is 3.80. The van der Waals surface area contributed by atoms with Gasteiger partial charge in [-0.25, -0.2) is 0 Å². The van der Waals surface area contributed by atoms with Crippen LogP contribution >= 0.6 is 0 Å². The molecule has 25 heavy (non-hydrogen) atoms. The molecule has 2 aliphatic rings. The molecule has 1 saturated heterocycles. The molecule has 1 aliphatic carbocycles. The summed E-state index contributed by atoms with van der Waals surface area (Å²) in [5.41, 5.74) is 5.75. The third-order valence-corrected chi connectivity index (χ3v) is 5.78. The summed E-state index contributed by atoms with van der Waals surface area (Å²) in [6.45, 7) is 3.88. The van der Waals surface area contributed by atoms with Crippen molar-refractivity contribution in [3.8, 4) is 11.1 Å². The smallest absolute Gasteiger partial charge is 0.0594 e. The molecule has 0 aromatic heterocycles. The zero-order valence-electron chi connectivity index (χ0n) is 14.4. The summed E-state index contributed by atoms with van der Waals surface area (Å²) in [4.78, 5) is 2.60. The maximum Gasteiger partial charge on any atom is 0.0594 e. The normalized spacial score (nSPS) is 20.7. The number of aryl methyl sites for hydroxylation is 1. The van der Waals surface area contributed by atoms with Gasteiger partial charge in [0.15, 0.2) is 0 Å². The molecule has 0 N–H and O–H groups in total. The number of nitrogens with zero attached hydrogens (tertiary/aromatic N) is 1. The summed E-state index contributed by atoms with van der Waals surface area (Å²) < 4.78 is 5.52. The van der Waals surface area contributed by atoms with Gasteiger partial charge in [-0.2, -0.15) is 0 Å². The molecule has 0 amide bonds. The van der Waals surface area contributed by atoms with Crippen LogP contribution in [0.1, 0.15) is 23.6 Å². The molecule has 3 aromatic carbocycles. The van der Waals surface area contributed by atoms with E-state index in [-0.39, 0.29) is 0 Å². The van der Waals surface area contributed by atoms with Crippen molar-refractivity contribution in [3.63, 3.8) is 0 Å². The number of ether oxygens (including phenoxy) is 1. The van der Waals surface area contributed by atoms with Gasteiger partial charge < -0.3 is 4.74 Å². The summed E-state index contributed by atoms with van der Waals surface area (Å²) in [6.07, 6.45) is 2.43. The van der Waals surface area contributed by atoms with Crippen molar-refractivity contribution in [2.75, 3.05) is 26.3 Å². The highest BCUT2D eigenvalue weighted by atomic mass is 16.5. The standard InChI is InChI=1S/C23H23NO/c1-2-6-20-17(4-1)5-3-7-21(20)18-8-10-22-19(16-18)9-11-23(22)24-12-14-25-15-13-24/h1-8,10,16,23H,9,11-15H2. The number of morpholine rings is 1. The Balaban J connectivity index is 1.53. The van der Waals surface area contributed by atoms with Gasteiger partial charge in [0.25, 0.3) is 0 Å². The molecule has 5 rings (SSSR count). The zero-order valence-corrected chi connectivity index (χ0v) is 14.4. The fraction of sp³-hybridized carbons (Fsp3) is 0.304. The summed E-state index contributed by atoms with van der Waals surface area (Å²) in [6, 6.07) is 23.0. The van der Waals surface area contributed by atoms with Crippen LogP contribution in [0.4, 0.5) is 0 Å². The average Bonchev–Trinajstić information content (AvgIpc) is 3.11. The molecule has 0 saturated carbocycles. The van der Waals surface area contributed by atoms with Crippen LogP contribution in [-0.4, -0.2) is 31.2 Å². The molecular formula is C23H23NO. The number of benzene rings is 3. The number of rotatable bonds is 2. The van der Waals surface area contributed by atoms with Gasteiger partial charge in [-0.15, -0.1) is 0 Å². The maximum atomic E-state index is 5.52. The van der Waals surface area contributed by atoms with E-state index in [1.807, 2.05) is 0 Å². The molecule has 1 unspecified atom stereocenters. The van der Waals surface area contributed by atoms with Crippen LogP contribution in [0, 0.1) is 0 Å². The van der Waals surface area contributed by atoms with Crippen molar-refractivity contribution in [1.82, 2.24) is 4.90 Å². The minimum Gasteiger partial charge on any atom is -0.379 e. The highest BCUT2D eigenvalue weighted by molar-refractivity contribution is 5.96. The second-order valence-electron chi connectivity index (χ2n) is 7.14. The highest BCUT2D eigenvalue weighted by Crippen LogP contribution is 2.39. The lowest BCUT2D eigenvalue weighted by molar-refractivity contribution is 0.0164. The predicted molar refractivity (Wildman–Crippen MR) is 103 cm³/mol. The van der Waals surface area contributed by atoms with Crippen LogP contribution in [0.25, 0.3) is 21.9 Å². The van der Waals surface area contributed by atoms with E-state index in [0.29, 0.717) is 6.04 Å². The third-order valence-electron chi connectivity index (χ3n) is 5.78. The molecule has 3 aromatic rings. The summed E-state index contributed by atoms with van der Waals surface area (Å²) in [5, 5.41) is 2.65. The highest BCUT2D eigenvalue weighted by Gasteiger charge is 2.29. The minimum absolute atomic E-state index is 0.584. The van der Waals surface area contributed by atoms with E-state index in [9.17, 15) is 0 Å². The fourth-order valence-electron chi connectivity index (χ4n) is 4.51. The van der Waals surface area contributed by atoms with Gasteiger partial charge >= 0.3 is 0 Å². The first-order chi connectivity index (χ1) is 12.4. The van der Waals surface area contributed by atoms with Crippen molar-refractivity contribution in [1.29, 1.82) is 0 Å². The van der Waals surface area contributed by atoms with Crippen LogP contribution < -0.4 is 0 Å². The van der Waals surface area contributed by atoms with Crippen molar-refractivity contribution in [3.05, 3.63) is 71.8 Å². The van der Waals surface area contributed by atoms with E-state index in [1.165, 1.54) is 45.9 Å². The maximum absolute atomic E-state index is 5.52. The van der Waals surface area contributed by atoms with Gasteiger partial charge in [0.05, 0.1) is 13.2 Å². The van der Waals surface area contributed by atoms with Crippen molar-refractivity contribution < 1.29 is 4.74 Å². The van der Waals surface area contributed by atoms with E-state index in [4.69, 9.17) is 4.74 Å². The lowest BCUT2D eigenvalue weighted by Gasteiger charge is -2.32. The Hall–Kier alpha value is -2.16. The molecule has 1 heterocycles. The number of hydrogen-bond acceptors (Lipinski definition) is 2. The van der Waals surface area contributed by atoms with Gasteiger partial charge in [-0.1, -0.05) is 60.7 Å². The molecule has 0 spiro atoms. The van der Waals surface area contributed by atoms with Gasteiger partial charge in [0, 0.05) is 19.1 Å². The van der Waals surface area contributed by atoms with E-state index < -0.39 is 0 Å². The van der Waals surface area contributed by atoms with Crippen LogP contribution in [0.3, 0.4) is 0 Å². The molecule has 1 aliphatic heterocycles. The molecule has 1 fully saturated rings. The quantitative estimate of drug-likeness (QED) is 0.668. The first-order valence-corrected chi connectivity index (χ1v) is 9.33. The zero-order chi connectivity index (χ0) is 16.6. The van der Waals surface area contributed by atoms with Crippen molar-refractivity contribution >= 4 is 10.8 Å². The molecule has 126 valence electrons. The molecular weight excluding hydrogens is 306 g/mol. The summed E-state index contributed by atoms with van der Waals surface area (Å²) >= 11 is 0. The Morgan fingerprint density at radius 2 is 1.72 bits per heavy atom. The molecule has 0 radical (unpaired) electrons. The topological polar surface area (TPSA) is 12.5 Å². The monoisotopic (exact) mass is 329 g/mol. The van der Waals surface area contributed by atoms with Crippen molar-refractivity contribution in [2.45, 2.75) is 18.9 Å². The molecule has 1 atom stereocenters. The van der Waals surface area contributed by atoms with Gasteiger partial charge in [0.1, 0.15) is 0 Å². The fourth-order valence-corrected chi connectivity index (χ4v) is 4.51. The largest absolute Gasteiger partial charge is 0.379 e. The van der Waals surface area contributed by atoms with Crippen LogP contribution in [0.15, 0.2) is 60.7 Å². The van der Waals surface area contributed by atoms with E-state index in [0.717, 1.165) is 26.3 Å². The third kappa shape index (κ3) is 2.66. The second kappa shape index (κ2) is 6.29. The summed E-state index contributed by atoms with van der Waals surface area (Å²) in [7, 11) is 0. The average molecular weight is 329 g/mol. The van der Waals surface area contributed by atoms with Crippen LogP contribution in [0.2, 0.25) is 0 Å². The molecule has 0 bridgehead atoms. The first kappa shape index (κ1) is 15.1. The van der Waals surface area contributed by atoms with Crippen LogP contribution in [-0.2, 0) is 11.2 Å². The van der Waals surface area contributed by atoms with Gasteiger partial charge in [0.2, 0.25) is 0 Å². The predicted octanol–water partition coefficient (Wildman–Crippen LogP) is 4.83. The first-order valence-electron chi connectivity index (χ1n) is 9.33. The van der Waals surface area contributed by atoms with Crippen LogP contribution in [0.5, 0.6) is 0 Å². The van der Waals surface area contributed by atoms with Gasteiger partial charge in [-0.3, -0.25) is 4.90 Å². The Morgan fingerprint density at radius 3 is 2.64 bits per heavy atom. The summed E-state index contributed by atoms with van der Waals surface area (Å²) in [5.74, 6) is 0. The minimum atomic E-state index is 0.584. The molecule has 2 nitrogen and oxygen atoms in total.